The van der Waals surface area contributed by atoms with Crippen molar-refractivity contribution >= 4 is 11.9 Å². The van der Waals surface area contributed by atoms with Crippen molar-refractivity contribution in [3.63, 3.8) is 0 Å². The minimum Gasteiger partial charge on any atom is -0.478 e. The van der Waals surface area contributed by atoms with E-state index in [4.69, 9.17) is 5.11 Å². The van der Waals surface area contributed by atoms with E-state index < -0.39 is 5.97 Å². The molecule has 1 aliphatic rings. The largest absolute Gasteiger partial charge is 0.478 e. The lowest BCUT2D eigenvalue weighted by molar-refractivity contribution is -0.133. The normalized spacial score (nSPS) is 22.8. The summed E-state index contributed by atoms with van der Waals surface area (Å²) in [6, 6.07) is 0. The molecule has 1 fully saturated rings. The van der Waals surface area contributed by atoms with Crippen LogP contribution in [0.15, 0.2) is 11.1 Å². The van der Waals surface area contributed by atoms with Gasteiger partial charge in [0.1, 0.15) is 0 Å². The van der Waals surface area contributed by atoms with E-state index in [0.29, 0.717) is 11.5 Å². The maximum atomic E-state index is 12.1. The summed E-state index contributed by atoms with van der Waals surface area (Å²) < 4.78 is 0. The number of amides is 1. The van der Waals surface area contributed by atoms with Gasteiger partial charge in [-0.25, -0.2) is 4.79 Å². The zero-order valence-electron chi connectivity index (χ0n) is 10.8. The molecule has 1 aliphatic heterocycles. The van der Waals surface area contributed by atoms with E-state index in [1.165, 1.54) is 6.92 Å². The fraction of sp³-hybridized carbons (Fsp3) is 0.692. The number of carbonyl (C=O) groups excluding carboxylic acids is 1. The fourth-order valence-corrected chi connectivity index (χ4v) is 2.02. The third-order valence-electron chi connectivity index (χ3n) is 3.51. The van der Waals surface area contributed by atoms with Crippen LogP contribution in [0.25, 0.3) is 0 Å². The second-order valence-corrected chi connectivity index (χ2v) is 4.88. The summed E-state index contributed by atoms with van der Waals surface area (Å²) in [6.45, 7) is 6.76. The molecule has 1 rings (SSSR count). The van der Waals surface area contributed by atoms with Crippen LogP contribution in [0.2, 0.25) is 0 Å². The van der Waals surface area contributed by atoms with Crippen molar-refractivity contribution in [1.29, 1.82) is 0 Å². The first-order valence-corrected chi connectivity index (χ1v) is 6.13. The van der Waals surface area contributed by atoms with Crippen molar-refractivity contribution in [2.45, 2.75) is 40.0 Å². The van der Waals surface area contributed by atoms with Gasteiger partial charge in [0.2, 0.25) is 5.91 Å². The summed E-state index contributed by atoms with van der Waals surface area (Å²) in [4.78, 5) is 24.7. The highest BCUT2D eigenvalue weighted by atomic mass is 16.4. The molecule has 0 aromatic heterocycles. The maximum absolute atomic E-state index is 12.1. The first kappa shape index (κ1) is 13.7. The Morgan fingerprint density at radius 2 is 1.76 bits per heavy atom. The first-order valence-electron chi connectivity index (χ1n) is 6.13. The van der Waals surface area contributed by atoms with Gasteiger partial charge in [-0.05, 0) is 39.0 Å². The number of carboxylic acids is 1. The van der Waals surface area contributed by atoms with Crippen LogP contribution in [0.4, 0.5) is 0 Å². The predicted molar refractivity (Wildman–Crippen MR) is 65.6 cm³/mol. The molecule has 96 valence electrons. The number of likely N-dealkylation sites (tertiary alicyclic amines) is 1. The molecule has 0 bridgehead atoms. The maximum Gasteiger partial charge on any atom is 0.331 e. The summed E-state index contributed by atoms with van der Waals surface area (Å²) in [5.74, 6) is -0.490. The Labute approximate surface area is 102 Å². The number of carbonyl (C=O) groups is 2. The minimum absolute atomic E-state index is 0.126. The molecule has 0 saturated carbocycles. The van der Waals surface area contributed by atoms with Crippen molar-refractivity contribution in [1.82, 2.24) is 4.90 Å². The van der Waals surface area contributed by atoms with Crippen LogP contribution in [0.3, 0.4) is 0 Å². The summed E-state index contributed by atoms with van der Waals surface area (Å²) in [5.41, 5.74) is 0.499. The third kappa shape index (κ3) is 3.58. The van der Waals surface area contributed by atoms with Crippen molar-refractivity contribution in [3.05, 3.63) is 11.1 Å². The standard InChI is InChI=1S/C13H21NO3/c1-9-5-4-7-14(8-6-9)12(15)10(2)11(3)13(16)17/h9H,4-8H2,1-3H3,(H,16,17). The van der Waals surface area contributed by atoms with E-state index in [1.807, 2.05) is 0 Å². The summed E-state index contributed by atoms with van der Waals surface area (Å²) in [5, 5.41) is 8.87. The van der Waals surface area contributed by atoms with Gasteiger partial charge in [-0.2, -0.15) is 0 Å². The van der Waals surface area contributed by atoms with Gasteiger partial charge in [0.25, 0.3) is 0 Å². The van der Waals surface area contributed by atoms with Crippen LogP contribution in [0, 0.1) is 5.92 Å². The lowest BCUT2D eigenvalue weighted by Crippen LogP contribution is -2.33. The van der Waals surface area contributed by atoms with E-state index in [1.54, 1.807) is 11.8 Å². The van der Waals surface area contributed by atoms with Crippen LogP contribution >= 0.6 is 0 Å². The molecule has 17 heavy (non-hydrogen) atoms. The van der Waals surface area contributed by atoms with Crippen LogP contribution in [-0.2, 0) is 9.59 Å². The van der Waals surface area contributed by atoms with E-state index in [-0.39, 0.29) is 11.5 Å². The SMILES string of the molecule is CC(C(=O)O)=C(C)C(=O)N1CCCC(C)CC1. The molecule has 1 saturated heterocycles. The molecule has 1 unspecified atom stereocenters. The Morgan fingerprint density at radius 3 is 2.35 bits per heavy atom. The summed E-state index contributed by atoms with van der Waals surface area (Å²) in [6.07, 6.45) is 3.15. The van der Waals surface area contributed by atoms with Gasteiger partial charge in [0.05, 0.1) is 0 Å². The van der Waals surface area contributed by atoms with Gasteiger partial charge < -0.3 is 10.0 Å². The number of aliphatic carboxylic acids is 1. The Kier molecular flexibility index (Phi) is 4.73. The molecule has 1 N–H and O–H groups in total. The molecule has 0 aromatic carbocycles. The van der Waals surface area contributed by atoms with Crippen molar-refractivity contribution < 1.29 is 14.7 Å². The summed E-state index contributed by atoms with van der Waals surface area (Å²) in [7, 11) is 0. The fourth-order valence-electron chi connectivity index (χ4n) is 2.02. The number of hydrogen-bond acceptors (Lipinski definition) is 2. The smallest absolute Gasteiger partial charge is 0.331 e. The number of carboxylic acid groups (broad SMARTS) is 1. The molecule has 1 heterocycles. The zero-order chi connectivity index (χ0) is 13.0. The Bertz CT molecular complexity index is 347. The molecule has 4 nitrogen and oxygen atoms in total. The third-order valence-corrected chi connectivity index (χ3v) is 3.51. The van der Waals surface area contributed by atoms with Crippen LogP contribution in [0.5, 0.6) is 0 Å². The quantitative estimate of drug-likeness (QED) is 0.750. The molecule has 1 amide bonds. The molecule has 1 atom stereocenters. The van der Waals surface area contributed by atoms with Gasteiger partial charge in [-0.1, -0.05) is 6.92 Å². The molecule has 0 spiro atoms. The highest BCUT2D eigenvalue weighted by molar-refractivity contribution is 6.01. The van der Waals surface area contributed by atoms with Crippen LogP contribution in [-0.4, -0.2) is 35.0 Å². The topological polar surface area (TPSA) is 57.6 Å². The Hall–Kier alpha value is -1.32. The zero-order valence-corrected chi connectivity index (χ0v) is 10.8. The lowest BCUT2D eigenvalue weighted by Gasteiger charge is -2.21. The van der Waals surface area contributed by atoms with Crippen molar-refractivity contribution in [2.75, 3.05) is 13.1 Å². The number of hydrogen-bond donors (Lipinski definition) is 1. The predicted octanol–water partition coefficient (Wildman–Crippen LogP) is 2.06. The average Bonchev–Trinajstić information content (AvgIpc) is 2.51. The van der Waals surface area contributed by atoms with E-state index >= 15 is 0 Å². The van der Waals surface area contributed by atoms with E-state index in [2.05, 4.69) is 6.92 Å². The molecule has 0 radical (unpaired) electrons. The molecule has 4 heteroatoms. The van der Waals surface area contributed by atoms with Gasteiger partial charge in [-0.15, -0.1) is 0 Å². The minimum atomic E-state index is -1.01. The molecular weight excluding hydrogens is 218 g/mol. The Balaban J connectivity index is 2.76. The van der Waals surface area contributed by atoms with Crippen LogP contribution < -0.4 is 0 Å². The molecule has 0 aromatic rings. The number of rotatable bonds is 2. The average molecular weight is 239 g/mol. The van der Waals surface area contributed by atoms with Gasteiger partial charge >= 0.3 is 5.97 Å². The van der Waals surface area contributed by atoms with Crippen molar-refractivity contribution in [3.8, 4) is 0 Å². The van der Waals surface area contributed by atoms with Crippen LogP contribution in [0.1, 0.15) is 40.0 Å². The second kappa shape index (κ2) is 5.84. The molecular formula is C13H21NO3. The lowest BCUT2D eigenvalue weighted by atomic mass is 10.0. The second-order valence-electron chi connectivity index (χ2n) is 4.88. The van der Waals surface area contributed by atoms with Gasteiger partial charge in [0, 0.05) is 24.2 Å². The monoisotopic (exact) mass is 239 g/mol. The van der Waals surface area contributed by atoms with Gasteiger partial charge in [0.15, 0.2) is 0 Å². The molecule has 0 aliphatic carbocycles. The van der Waals surface area contributed by atoms with E-state index in [0.717, 1.165) is 32.4 Å². The van der Waals surface area contributed by atoms with E-state index in [9.17, 15) is 9.59 Å². The highest BCUT2D eigenvalue weighted by Gasteiger charge is 2.21. The number of nitrogens with zero attached hydrogens (tertiary/aromatic N) is 1. The highest BCUT2D eigenvalue weighted by Crippen LogP contribution is 2.18. The summed E-state index contributed by atoms with van der Waals surface area (Å²) >= 11 is 0. The first-order chi connectivity index (χ1) is 7.93. The van der Waals surface area contributed by atoms with Gasteiger partial charge in [-0.3, -0.25) is 4.79 Å². The Morgan fingerprint density at radius 1 is 1.12 bits per heavy atom. The van der Waals surface area contributed by atoms with Crippen molar-refractivity contribution in [2.24, 2.45) is 5.92 Å².